The molecule has 10 heavy (non-hydrogen) atoms. The molecule has 2 radical (unpaired) electrons. The second kappa shape index (κ2) is 1.97. The van der Waals surface area contributed by atoms with Gasteiger partial charge in [0.25, 0.3) is 0 Å². The molecule has 2 aliphatic rings. The molecule has 2 heterocycles. The topological polar surface area (TPSA) is 38.7 Å². The SMILES string of the molecule is [B][C@]12CCO[C@H]1OC[C@H]2O. The van der Waals surface area contributed by atoms with Crippen molar-refractivity contribution in [3.8, 4) is 0 Å². The van der Waals surface area contributed by atoms with Crippen LogP contribution >= 0.6 is 0 Å². The van der Waals surface area contributed by atoms with Crippen molar-refractivity contribution in [2.24, 2.45) is 0 Å². The third-order valence-electron chi connectivity index (χ3n) is 2.27. The van der Waals surface area contributed by atoms with Crippen molar-refractivity contribution in [1.82, 2.24) is 0 Å². The van der Waals surface area contributed by atoms with E-state index in [-0.39, 0.29) is 6.29 Å². The van der Waals surface area contributed by atoms with E-state index in [2.05, 4.69) is 0 Å². The van der Waals surface area contributed by atoms with Crippen LogP contribution in [0, 0.1) is 0 Å². The zero-order chi connectivity index (χ0) is 7.19. The minimum Gasteiger partial charge on any atom is -0.391 e. The van der Waals surface area contributed by atoms with Gasteiger partial charge in [-0.3, -0.25) is 0 Å². The average Bonchev–Trinajstić information content (AvgIpc) is 2.36. The van der Waals surface area contributed by atoms with E-state index in [0.717, 1.165) is 0 Å². The van der Waals surface area contributed by atoms with Crippen molar-refractivity contribution in [2.75, 3.05) is 13.2 Å². The molecule has 0 aromatic heterocycles. The molecule has 3 nitrogen and oxygen atoms in total. The Kier molecular flexibility index (Phi) is 1.31. The summed E-state index contributed by atoms with van der Waals surface area (Å²) in [6, 6.07) is 0. The first kappa shape index (κ1) is 6.64. The summed E-state index contributed by atoms with van der Waals surface area (Å²) in [6.07, 6.45) is -0.235. The molecular formula is C6H9BO3. The molecule has 0 aromatic carbocycles. The Morgan fingerprint density at radius 2 is 2.30 bits per heavy atom. The molecule has 0 spiro atoms. The van der Waals surface area contributed by atoms with E-state index in [1.165, 1.54) is 0 Å². The normalized spacial score (nSPS) is 53.3. The van der Waals surface area contributed by atoms with Crippen LogP contribution in [0.15, 0.2) is 0 Å². The van der Waals surface area contributed by atoms with E-state index in [0.29, 0.717) is 19.6 Å². The lowest BCUT2D eigenvalue weighted by Crippen LogP contribution is -2.28. The predicted molar refractivity (Wildman–Crippen MR) is 34.8 cm³/mol. The van der Waals surface area contributed by atoms with E-state index >= 15 is 0 Å². The quantitative estimate of drug-likeness (QED) is 0.459. The standard InChI is InChI=1S/C6H9BO3/c7-6-1-2-9-5(6)10-3-4(6)8/h4-5,8H,1-3H2/t4-,5+,6+/m1/s1. The molecule has 0 amide bonds. The molecule has 2 rings (SSSR count). The lowest BCUT2D eigenvalue weighted by Gasteiger charge is -2.23. The molecule has 0 aromatic rings. The molecule has 0 saturated carbocycles. The van der Waals surface area contributed by atoms with Crippen LogP contribution in [0.25, 0.3) is 0 Å². The summed E-state index contributed by atoms with van der Waals surface area (Å²) in [5.41, 5.74) is 0. The molecule has 54 valence electrons. The maximum Gasteiger partial charge on any atom is 0.158 e. The third-order valence-corrected chi connectivity index (χ3v) is 2.27. The summed E-state index contributed by atoms with van der Waals surface area (Å²) in [7, 11) is 5.81. The van der Waals surface area contributed by atoms with Gasteiger partial charge >= 0.3 is 0 Å². The Morgan fingerprint density at radius 1 is 1.50 bits per heavy atom. The number of rotatable bonds is 0. The second-order valence-corrected chi connectivity index (χ2v) is 2.91. The van der Waals surface area contributed by atoms with E-state index in [9.17, 15) is 5.11 Å². The van der Waals surface area contributed by atoms with Gasteiger partial charge in [0.15, 0.2) is 6.29 Å². The highest BCUT2D eigenvalue weighted by molar-refractivity contribution is 6.16. The molecule has 4 heteroatoms. The smallest absolute Gasteiger partial charge is 0.158 e. The van der Waals surface area contributed by atoms with Crippen LogP contribution in [-0.2, 0) is 9.47 Å². The van der Waals surface area contributed by atoms with Crippen LogP contribution in [0.3, 0.4) is 0 Å². The summed E-state index contributed by atoms with van der Waals surface area (Å²) >= 11 is 0. The first-order valence-electron chi connectivity index (χ1n) is 3.43. The molecule has 2 fully saturated rings. The number of hydrogen-bond acceptors (Lipinski definition) is 3. The summed E-state index contributed by atoms with van der Waals surface area (Å²) < 4.78 is 10.2. The van der Waals surface area contributed by atoms with Gasteiger partial charge in [-0.1, -0.05) is 0 Å². The van der Waals surface area contributed by atoms with Gasteiger partial charge in [-0.15, -0.1) is 0 Å². The second-order valence-electron chi connectivity index (χ2n) is 2.91. The van der Waals surface area contributed by atoms with Crippen LogP contribution in [0.1, 0.15) is 6.42 Å². The van der Waals surface area contributed by atoms with Crippen molar-refractivity contribution >= 4 is 7.85 Å². The molecule has 0 aliphatic carbocycles. The number of aliphatic hydroxyl groups is 1. The first-order chi connectivity index (χ1) is 4.73. The van der Waals surface area contributed by atoms with Gasteiger partial charge in [0.1, 0.15) is 0 Å². The van der Waals surface area contributed by atoms with Gasteiger partial charge in [-0.05, 0) is 6.42 Å². The van der Waals surface area contributed by atoms with Crippen LogP contribution in [0.2, 0.25) is 5.31 Å². The molecule has 0 unspecified atom stereocenters. The lowest BCUT2D eigenvalue weighted by molar-refractivity contribution is -0.0883. The summed E-state index contributed by atoms with van der Waals surface area (Å²) in [5.74, 6) is 0. The Hall–Kier alpha value is -0.0551. The fraction of sp³-hybridized carbons (Fsp3) is 1.00. The molecule has 1 N–H and O–H groups in total. The summed E-state index contributed by atoms with van der Waals surface area (Å²) in [5, 5.41) is 8.70. The highest BCUT2D eigenvalue weighted by atomic mass is 16.7. The number of aliphatic hydroxyl groups excluding tert-OH is 1. The Bertz CT molecular complexity index is 152. The fourth-order valence-corrected chi connectivity index (χ4v) is 1.48. The Labute approximate surface area is 60.7 Å². The minimum absolute atomic E-state index is 0.307. The van der Waals surface area contributed by atoms with E-state index in [4.69, 9.17) is 17.3 Å². The van der Waals surface area contributed by atoms with E-state index in [1.54, 1.807) is 0 Å². The van der Waals surface area contributed by atoms with Crippen molar-refractivity contribution in [3.05, 3.63) is 0 Å². The lowest BCUT2D eigenvalue weighted by atomic mass is 9.64. The van der Waals surface area contributed by atoms with Crippen molar-refractivity contribution in [2.45, 2.75) is 24.1 Å². The van der Waals surface area contributed by atoms with Crippen molar-refractivity contribution in [3.63, 3.8) is 0 Å². The molecule has 3 atom stereocenters. The number of fused-ring (bicyclic) bond motifs is 1. The largest absolute Gasteiger partial charge is 0.391 e. The fourth-order valence-electron chi connectivity index (χ4n) is 1.48. The monoisotopic (exact) mass is 140 g/mol. The molecular weight excluding hydrogens is 131 g/mol. The van der Waals surface area contributed by atoms with Gasteiger partial charge in [-0.2, -0.15) is 0 Å². The predicted octanol–water partition coefficient (Wildman–Crippen LogP) is -0.549. The maximum absolute atomic E-state index is 9.33. The highest BCUT2D eigenvalue weighted by Gasteiger charge is 2.50. The number of ether oxygens (including phenoxy) is 2. The molecule has 2 saturated heterocycles. The van der Waals surface area contributed by atoms with Crippen LogP contribution in [0.4, 0.5) is 0 Å². The van der Waals surface area contributed by atoms with Crippen LogP contribution < -0.4 is 0 Å². The zero-order valence-electron chi connectivity index (χ0n) is 5.62. The first-order valence-corrected chi connectivity index (χ1v) is 3.43. The van der Waals surface area contributed by atoms with Gasteiger partial charge in [-0.25, -0.2) is 0 Å². The number of hydrogen-bond donors (Lipinski definition) is 1. The Balaban J connectivity index is 2.21. The van der Waals surface area contributed by atoms with Gasteiger partial charge in [0, 0.05) is 11.9 Å². The van der Waals surface area contributed by atoms with Gasteiger partial charge < -0.3 is 14.6 Å². The average molecular weight is 140 g/mol. The van der Waals surface area contributed by atoms with Crippen LogP contribution in [0.5, 0.6) is 0 Å². The Morgan fingerprint density at radius 3 is 3.00 bits per heavy atom. The van der Waals surface area contributed by atoms with E-state index < -0.39 is 11.4 Å². The summed E-state index contributed by atoms with van der Waals surface area (Å²) in [4.78, 5) is 0. The van der Waals surface area contributed by atoms with E-state index in [1.807, 2.05) is 0 Å². The minimum atomic E-state index is -0.625. The highest BCUT2D eigenvalue weighted by Crippen LogP contribution is 2.47. The van der Waals surface area contributed by atoms with Crippen molar-refractivity contribution in [1.29, 1.82) is 0 Å². The third kappa shape index (κ3) is 0.668. The van der Waals surface area contributed by atoms with Crippen molar-refractivity contribution < 1.29 is 14.6 Å². The van der Waals surface area contributed by atoms with Gasteiger partial charge in [0.05, 0.1) is 20.6 Å². The van der Waals surface area contributed by atoms with Crippen LogP contribution in [-0.4, -0.2) is 38.6 Å². The zero-order valence-corrected chi connectivity index (χ0v) is 5.62. The summed E-state index contributed by atoms with van der Waals surface area (Å²) in [6.45, 7) is 0.902. The maximum atomic E-state index is 9.33. The molecule has 0 bridgehead atoms. The van der Waals surface area contributed by atoms with Gasteiger partial charge in [0.2, 0.25) is 0 Å². The molecule has 2 aliphatic heterocycles.